The first-order valence-electron chi connectivity index (χ1n) is 6.73. The Morgan fingerprint density at radius 1 is 0.875 bits per heavy atom. The Kier molecular flexibility index (Phi) is 5.05. The molecule has 0 spiro atoms. The minimum absolute atomic E-state index is 0.0322. The molecule has 2 rings (SSSR count). The fraction of sp³-hybridized carbons (Fsp3) is 0.200. The van der Waals surface area contributed by atoms with Crippen LogP contribution in [0.3, 0.4) is 0 Å². The lowest BCUT2D eigenvalue weighted by molar-refractivity contribution is 0.402. The van der Waals surface area contributed by atoms with Gasteiger partial charge in [-0.2, -0.15) is 0 Å². The average Bonchev–Trinajstić information content (AvgIpc) is 2.53. The van der Waals surface area contributed by atoms with Crippen LogP contribution in [0, 0.1) is 0 Å². The molecule has 0 heterocycles. The number of anilines is 1. The van der Waals surface area contributed by atoms with Gasteiger partial charge in [-0.15, -0.1) is 0 Å². The van der Waals surface area contributed by atoms with Gasteiger partial charge < -0.3 is 9.47 Å². The summed E-state index contributed by atoms with van der Waals surface area (Å²) in [5.41, 5.74) is 0.229. The Labute approximate surface area is 141 Å². The molecule has 2 aromatic rings. The van der Waals surface area contributed by atoms with E-state index in [1.165, 1.54) is 32.4 Å². The quantitative estimate of drug-likeness (QED) is 0.833. The van der Waals surface area contributed by atoms with Crippen LogP contribution in [0.25, 0.3) is 0 Å². The molecule has 0 amide bonds. The zero-order valence-corrected chi connectivity index (χ0v) is 14.9. The van der Waals surface area contributed by atoms with Crippen LogP contribution in [0.15, 0.2) is 52.3 Å². The third kappa shape index (κ3) is 3.80. The molecule has 0 bridgehead atoms. The summed E-state index contributed by atoms with van der Waals surface area (Å²) in [6, 6.07) is 10.1. The monoisotopic (exact) mass is 371 g/mol. The molecule has 0 atom stereocenters. The number of ether oxygens (including phenoxy) is 2. The summed E-state index contributed by atoms with van der Waals surface area (Å²) < 4.78 is 61.3. The van der Waals surface area contributed by atoms with Gasteiger partial charge in [-0.05, 0) is 30.3 Å². The molecule has 2 aromatic carbocycles. The first kappa shape index (κ1) is 18.1. The molecular weight excluding hydrogens is 354 g/mol. The number of rotatable bonds is 6. The molecule has 0 fully saturated rings. The van der Waals surface area contributed by atoms with Crippen molar-refractivity contribution < 1.29 is 26.3 Å². The standard InChI is InChI=1S/C15H17NO6S2/c1-21-13-7-5-4-6-12(13)16-24(19,20)15-10-11(23(3,17)18)8-9-14(15)22-2/h4-10,16H,1-3H3. The highest BCUT2D eigenvalue weighted by Crippen LogP contribution is 2.31. The summed E-state index contributed by atoms with van der Waals surface area (Å²) in [6.07, 6.45) is 0.999. The lowest BCUT2D eigenvalue weighted by Gasteiger charge is -2.14. The van der Waals surface area contributed by atoms with Crippen LogP contribution in [0.1, 0.15) is 0 Å². The SMILES string of the molecule is COc1ccccc1NS(=O)(=O)c1cc(S(C)(=O)=O)ccc1OC. The molecule has 24 heavy (non-hydrogen) atoms. The smallest absolute Gasteiger partial charge is 0.265 e. The minimum Gasteiger partial charge on any atom is -0.495 e. The Bertz CT molecular complexity index is 952. The second-order valence-electron chi connectivity index (χ2n) is 4.89. The van der Waals surface area contributed by atoms with Gasteiger partial charge in [-0.1, -0.05) is 12.1 Å². The molecule has 1 N–H and O–H groups in total. The Morgan fingerprint density at radius 2 is 1.50 bits per heavy atom. The number of methoxy groups -OCH3 is 2. The molecule has 7 nitrogen and oxygen atoms in total. The first-order chi connectivity index (χ1) is 11.2. The maximum Gasteiger partial charge on any atom is 0.265 e. The van der Waals surface area contributed by atoms with Gasteiger partial charge in [0.25, 0.3) is 10.0 Å². The van der Waals surface area contributed by atoms with Crippen molar-refractivity contribution in [3.05, 3.63) is 42.5 Å². The fourth-order valence-corrected chi connectivity index (χ4v) is 4.01. The van der Waals surface area contributed by atoms with Crippen molar-refractivity contribution in [1.29, 1.82) is 0 Å². The molecule has 0 saturated carbocycles. The van der Waals surface area contributed by atoms with Crippen LogP contribution < -0.4 is 14.2 Å². The van der Waals surface area contributed by atoms with Crippen LogP contribution in [-0.2, 0) is 19.9 Å². The van der Waals surface area contributed by atoms with Crippen molar-refractivity contribution in [1.82, 2.24) is 0 Å². The number of benzene rings is 2. The van der Waals surface area contributed by atoms with E-state index < -0.39 is 19.9 Å². The minimum atomic E-state index is -4.09. The molecule has 0 unspecified atom stereocenters. The summed E-state index contributed by atoms with van der Waals surface area (Å²) in [4.78, 5) is -0.400. The Balaban J connectivity index is 2.56. The van der Waals surface area contributed by atoms with Gasteiger partial charge >= 0.3 is 0 Å². The normalized spacial score (nSPS) is 11.8. The number of para-hydroxylation sites is 2. The van der Waals surface area contributed by atoms with Crippen LogP contribution in [0.4, 0.5) is 5.69 Å². The van der Waals surface area contributed by atoms with E-state index in [1.807, 2.05) is 0 Å². The number of nitrogens with one attached hydrogen (secondary N) is 1. The van der Waals surface area contributed by atoms with Crippen LogP contribution >= 0.6 is 0 Å². The van der Waals surface area contributed by atoms with Crippen molar-refractivity contribution in [2.24, 2.45) is 0 Å². The van der Waals surface area contributed by atoms with Gasteiger partial charge in [0.05, 0.1) is 24.8 Å². The third-order valence-electron chi connectivity index (χ3n) is 3.20. The van der Waals surface area contributed by atoms with E-state index in [4.69, 9.17) is 9.47 Å². The number of sulfonamides is 1. The summed E-state index contributed by atoms with van der Waals surface area (Å²) in [6.45, 7) is 0. The molecular formula is C15H17NO6S2. The van der Waals surface area contributed by atoms with Gasteiger partial charge in [0, 0.05) is 6.26 Å². The second-order valence-corrected chi connectivity index (χ2v) is 8.56. The van der Waals surface area contributed by atoms with Crippen molar-refractivity contribution in [3.63, 3.8) is 0 Å². The van der Waals surface area contributed by atoms with E-state index >= 15 is 0 Å². The number of hydrogen-bond acceptors (Lipinski definition) is 6. The molecule has 0 aromatic heterocycles. The highest BCUT2D eigenvalue weighted by molar-refractivity contribution is 7.93. The molecule has 0 aliphatic heterocycles. The summed E-state index contributed by atoms with van der Waals surface area (Å²) in [5, 5.41) is 0. The van der Waals surface area contributed by atoms with Gasteiger partial charge in [0.1, 0.15) is 16.4 Å². The molecule has 0 aliphatic carbocycles. The Morgan fingerprint density at radius 3 is 2.08 bits per heavy atom. The Hall–Kier alpha value is -2.26. The van der Waals surface area contributed by atoms with Gasteiger partial charge in [-0.3, -0.25) is 4.72 Å². The lowest BCUT2D eigenvalue weighted by atomic mass is 10.3. The first-order valence-corrected chi connectivity index (χ1v) is 10.1. The van der Waals surface area contributed by atoms with Gasteiger partial charge in [0.2, 0.25) is 0 Å². The zero-order valence-electron chi connectivity index (χ0n) is 13.3. The van der Waals surface area contributed by atoms with E-state index in [0.717, 1.165) is 12.3 Å². The highest BCUT2D eigenvalue weighted by Gasteiger charge is 2.23. The average molecular weight is 371 g/mol. The van der Waals surface area contributed by atoms with Crippen molar-refractivity contribution in [3.8, 4) is 11.5 Å². The predicted octanol–water partition coefficient (Wildman–Crippen LogP) is 1.91. The maximum atomic E-state index is 12.7. The van der Waals surface area contributed by atoms with Gasteiger partial charge in [0.15, 0.2) is 9.84 Å². The number of hydrogen-bond donors (Lipinski definition) is 1. The van der Waals surface area contributed by atoms with E-state index in [2.05, 4.69) is 4.72 Å². The molecule has 130 valence electrons. The van der Waals surface area contributed by atoms with E-state index in [-0.39, 0.29) is 21.2 Å². The lowest BCUT2D eigenvalue weighted by Crippen LogP contribution is -2.15. The maximum absolute atomic E-state index is 12.7. The molecule has 0 saturated heterocycles. The zero-order chi connectivity index (χ0) is 18.0. The van der Waals surface area contributed by atoms with E-state index in [1.54, 1.807) is 18.2 Å². The summed E-state index contributed by atoms with van der Waals surface area (Å²) >= 11 is 0. The summed E-state index contributed by atoms with van der Waals surface area (Å²) in [5.74, 6) is 0.365. The van der Waals surface area contributed by atoms with Crippen molar-refractivity contribution in [2.75, 3.05) is 25.2 Å². The highest BCUT2D eigenvalue weighted by atomic mass is 32.2. The van der Waals surface area contributed by atoms with Crippen LogP contribution in [-0.4, -0.2) is 37.3 Å². The molecule has 0 radical (unpaired) electrons. The molecule has 0 aliphatic rings. The largest absolute Gasteiger partial charge is 0.495 e. The summed E-state index contributed by atoms with van der Waals surface area (Å²) in [7, 11) is -4.94. The predicted molar refractivity (Wildman–Crippen MR) is 89.9 cm³/mol. The van der Waals surface area contributed by atoms with E-state index in [9.17, 15) is 16.8 Å². The fourth-order valence-electron chi connectivity index (χ4n) is 2.03. The van der Waals surface area contributed by atoms with Gasteiger partial charge in [-0.25, -0.2) is 16.8 Å². The van der Waals surface area contributed by atoms with Crippen molar-refractivity contribution >= 4 is 25.5 Å². The molecule has 9 heteroatoms. The third-order valence-corrected chi connectivity index (χ3v) is 5.70. The topological polar surface area (TPSA) is 98.8 Å². The van der Waals surface area contributed by atoms with Crippen molar-refractivity contribution in [2.45, 2.75) is 9.79 Å². The number of sulfone groups is 1. The second kappa shape index (κ2) is 6.70. The van der Waals surface area contributed by atoms with E-state index in [0.29, 0.717) is 5.75 Å². The van der Waals surface area contributed by atoms with Crippen LogP contribution in [0.5, 0.6) is 11.5 Å². The van der Waals surface area contributed by atoms with Crippen LogP contribution in [0.2, 0.25) is 0 Å².